The second kappa shape index (κ2) is 9.20. The summed E-state index contributed by atoms with van der Waals surface area (Å²) < 4.78 is 33.5. The number of amides is 2. The molecule has 2 aromatic rings. The molecule has 0 aromatic carbocycles. The molecule has 33 heavy (non-hydrogen) atoms. The first-order valence-corrected chi connectivity index (χ1v) is 10.2. The molecule has 9 nitrogen and oxygen atoms in total. The van der Waals surface area contributed by atoms with E-state index in [4.69, 9.17) is 9.90 Å². The van der Waals surface area contributed by atoms with Crippen molar-refractivity contribution in [1.82, 2.24) is 24.6 Å². The highest BCUT2D eigenvalue weighted by Gasteiger charge is 2.53. The Morgan fingerprint density at radius 2 is 1.73 bits per heavy atom. The van der Waals surface area contributed by atoms with Crippen LogP contribution in [-0.4, -0.2) is 79.3 Å². The van der Waals surface area contributed by atoms with Crippen molar-refractivity contribution in [3.8, 4) is 0 Å². The summed E-state index contributed by atoms with van der Waals surface area (Å²) in [5, 5.41) is 11.4. The van der Waals surface area contributed by atoms with Gasteiger partial charge in [-0.05, 0) is 30.5 Å². The van der Waals surface area contributed by atoms with Crippen LogP contribution in [0.15, 0.2) is 36.9 Å². The Balaban J connectivity index is 0.000000383. The third kappa shape index (κ3) is 4.99. The number of aliphatic carboxylic acids is 1. The topological polar surface area (TPSA) is 109 Å². The minimum absolute atomic E-state index is 0.0344. The first kappa shape index (κ1) is 24.2. The van der Waals surface area contributed by atoms with Crippen molar-refractivity contribution in [2.75, 3.05) is 20.1 Å². The van der Waals surface area contributed by atoms with E-state index in [1.807, 2.05) is 36.3 Å². The zero-order valence-corrected chi connectivity index (χ0v) is 18.1. The summed E-state index contributed by atoms with van der Waals surface area (Å²) in [7, 11) is 3.80. The molecule has 1 unspecified atom stereocenters. The molecule has 4 rings (SSSR count). The maximum Gasteiger partial charge on any atom is 0.490 e. The fraction of sp³-hybridized carbons (Fsp3) is 0.476. The molecule has 12 heteroatoms. The van der Waals surface area contributed by atoms with Crippen LogP contribution >= 0.6 is 0 Å². The second-order valence-electron chi connectivity index (χ2n) is 8.09. The normalized spacial score (nSPS) is 19.9. The number of hydrogen-bond donors (Lipinski definition) is 1. The summed E-state index contributed by atoms with van der Waals surface area (Å²) in [6, 6.07) is 3.49. The molecule has 0 saturated carbocycles. The Labute approximate surface area is 187 Å². The summed E-state index contributed by atoms with van der Waals surface area (Å²) in [5.41, 5.74) is 1.55. The second-order valence-corrected chi connectivity index (χ2v) is 8.09. The van der Waals surface area contributed by atoms with Crippen molar-refractivity contribution in [1.29, 1.82) is 0 Å². The van der Waals surface area contributed by atoms with Crippen LogP contribution in [0.2, 0.25) is 0 Å². The van der Waals surface area contributed by atoms with Gasteiger partial charge in [-0.15, -0.1) is 0 Å². The van der Waals surface area contributed by atoms with Crippen molar-refractivity contribution in [3.63, 3.8) is 0 Å². The molecule has 0 radical (unpaired) electrons. The number of piperidine rings is 1. The molecule has 4 heterocycles. The number of carboxylic acids is 1. The van der Waals surface area contributed by atoms with Gasteiger partial charge >= 0.3 is 12.1 Å². The Hall–Kier alpha value is -3.44. The monoisotopic (exact) mass is 467 g/mol. The number of rotatable bonds is 2. The van der Waals surface area contributed by atoms with E-state index in [1.165, 1.54) is 0 Å². The fourth-order valence-electron chi connectivity index (χ4n) is 4.49. The largest absolute Gasteiger partial charge is 0.490 e. The standard InChI is InChI=1S/C19H23N5O2.C2HF3O2/c1-22-13-15(12-21-22)16-11-17(25)23(2)19(16)5-9-24(10-6-19)18(26)14-3-7-20-8-4-14;3-2(4,5)1(6)7/h3-4,7-8,12-13,16H,5-6,9-11H2,1-2H3;(H,6,7). The first-order chi connectivity index (χ1) is 15.5. The summed E-state index contributed by atoms with van der Waals surface area (Å²) in [5.74, 6) is -2.42. The van der Waals surface area contributed by atoms with Gasteiger partial charge < -0.3 is 14.9 Å². The number of aromatic nitrogens is 3. The number of alkyl halides is 3. The Kier molecular flexibility index (Phi) is 6.75. The van der Waals surface area contributed by atoms with E-state index < -0.39 is 12.1 Å². The van der Waals surface area contributed by atoms with Gasteiger partial charge in [-0.3, -0.25) is 19.3 Å². The van der Waals surface area contributed by atoms with E-state index >= 15 is 0 Å². The lowest BCUT2D eigenvalue weighted by Gasteiger charge is -2.46. The zero-order chi connectivity index (χ0) is 24.4. The van der Waals surface area contributed by atoms with E-state index in [9.17, 15) is 22.8 Å². The van der Waals surface area contributed by atoms with Crippen LogP contribution in [0.4, 0.5) is 13.2 Å². The quantitative estimate of drug-likeness (QED) is 0.725. The maximum atomic E-state index is 12.7. The third-order valence-corrected chi connectivity index (χ3v) is 6.28. The van der Waals surface area contributed by atoms with E-state index in [2.05, 4.69) is 10.1 Å². The molecule has 1 spiro atoms. The van der Waals surface area contributed by atoms with E-state index in [0.29, 0.717) is 25.1 Å². The fourth-order valence-corrected chi connectivity index (χ4v) is 4.49. The van der Waals surface area contributed by atoms with Crippen LogP contribution in [0, 0.1) is 0 Å². The molecule has 0 bridgehead atoms. The minimum atomic E-state index is -5.08. The van der Waals surface area contributed by atoms with Crippen LogP contribution in [0.1, 0.15) is 41.1 Å². The van der Waals surface area contributed by atoms with Crippen LogP contribution in [0.3, 0.4) is 0 Å². The molecule has 2 fully saturated rings. The minimum Gasteiger partial charge on any atom is -0.475 e. The van der Waals surface area contributed by atoms with Gasteiger partial charge in [0.2, 0.25) is 5.91 Å². The van der Waals surface area contributed by atoms with Crippen LogP contribution in [-0.2, 0) is 16.6 Å². The molecular formula is C21H24F3N5O4. The molecule has 2 saturated heterocycles. The van der Waals surface area contributed by atoms with Gasteiger partial charge in [-0.25, -0.2) is 4.79 Å². The van der Waals surface area contributed by atoms with Crippen molar-refractivity contribution >= 4 is 17.8 Å². The number of carboxylic acid groups (broad SMARTS) is 1. The number of pyridine rings is 1. The lowest BCUT2D eigenvalue weighted by atomic mass is 9.74. The number of likely N-dealkylation sites (N-methyl/N-ethyl adjacent to an activating group) is 1. The highest BCUT2D eigenvalue weighted by molar-refractivity contribution is 5.94. The van der Waals surface area contributed by atoms with Gasteiger partial charge in [-0.2, -0.15) is 18.3 Å². The molecule has 1 atom stereocenters. The molecule has 2 amide bonds. The van der Waals surface area contributed by atoms with Gasteiger partial charge in [0, 0.05) is 63.7 Å². The Bertz CT molecular complexity index is 1020. The maximum absolute atomic E-state index is 12.7. The SMILES string of the molecule is CN1C(=O)CC(c2cnn(C)c2)C12CCN(C(=O)c1ccncc1)CC2.O=C(O)C(F)(F)F. The smallest absolute Gasteiger partial charge is 0.475 e. The van der Waals surface area contributed by atoms with Crippen LogP contribution in [0.5, 0.6) is 0 Å². The predicted octanol–water partition coefficient (Wildman–Crippen LogP) is 2.07. The number of halogens is 3. The number of carbonyl (C=O) groups is 3. The number of carbonyl (C=O) groups excluding carboxylic acids is 2. The van der Waals surface area contributed by atoms with E-state index in [0.717, 1.165) is 18.4 Å². The lowest BCUT2D eigenvalue weighted by Crippen LogP contribution is -2.55. The summed E-state index contributed by atoms with van der Waals surface area (Å²) in [4.78, 5) is 41.9. The summed E-state index contributed by atoms with van der Waals surface area (Å²) in [6.45, 7) is 1.30. The highest BCUT2D eigenvalue weighted by atomic mass is 19.4. The van der Waals surface area contributed by atoms with Gasteiger partial charge in [-0.1, -0.05) is 0 Å². The molecule has 0 aliphatic carbocycles. The van der Waals surface area contributed by atoms with E-state index in [-0.39, 0.29) is 23.3 Å². The summed E-state index contributed by atoms with van der Waals surface area (Å²) in [6.07, 6.45) is 4.15. The van der Waals surface area contributed by atoms with Crippen molar-refractivity contribution in [2.45, 2.75) is 36.9 Å². The molecule has 178 valence electrons. The molecule has 1 N–H and O–H groups in total. The van der Waals surface area contributed by atoms with Crippen molar-refractivity contribution in [2.24, 2.45) is 7.05 Å². The number of likely N-dealkylation sites (tertiary alicyclic amines) is 2. The van der Waals surface area contributed by atoms with Gasteiger partial charge in [0.1, 0.15) is 0 Å². The number of hydrogen-bond acceptors (Lipinski definition) is 5. The van der Waals surface area contributed by atoms with Crippen molar-refractivity contribution in [3.05, 3.63) is 48.0 Å². The third-order valence-electron chi connectivity index (χ3n) is 6.28. The molecule has 2 aromatic heterocycles. The predicted molar refractivity (Wildman–Crippen MR) is 109 cm³/mol. The Morgan fingerprint density at radius 3 is 2.21 bits per heavy atom. The molecular weight excluding hydrogens is 443 g/mol. The first-order valence-electron chi connectivity index (χ1n) is 10.2. The molecule has 2 aliphatic heterocycles. The van der Waals surface area contributed by atoms with E-state index in [1.54, 1.807) is 29.2 Å². The number of nitrogens with zero attached hydrogens (tertiary/aromatic N) is 5. The zero-order valence-electron chi connectivity index (χ0n) is 18.1. The average molecular weight is 467 g/mol. The average Bonchev–Trinajstić information content (AvgIpc) is 3.31. The lowest BCUT2D eigenvalue weighted by molar-refractivity contribution is -0.192. The highest BCUT2D eigenvalue weighted by Crippen LogP contribution is 2.48. The van der Waals surface area contributed by atoms with Crippen LogP contribution in [0.25, 0.3) is 0 Å². The van der Waals surface area contributed by atoms with Crippen LogP contribution < -0.4 is 0 Å². The van der Waals surface area contributed by atoms with Crippen molar-refractivity contribution < 1.29 is 32.7 Å². The Morgan fingerprint density at radius 1 is 1.15 bits per heavy atom. The summed E-state index contributed by atoms with van der Waals surface area (Å²) >= 11 is 0. The molecule has 2 aliphatic rings. The van der Waals surface area contributed by atoms with Gasteiger partial charge in [0.15, 0.2) is 0 Å². The van der Waals surface area contributed by atoms with Gasteiger partial charge in [0.05, 0.1) is 11.7 Å². The number of aryl methyl sites for hydroxylation is 1. The van der Waals surface area contributed by atoms with Gasteiger partial charge in [0.25, 0.3) is 5.91 Å².